The average molecular weight is 246 g/mol. The molecular weight excluding hydrogens is 228 g/mol. The molecule has 2 aromatic rings. The van der Waals surface area contributed by atoms with E-state index in [0.29, 0.717) is 5.41 Å². The Morgan fingerprint density at radius 3 is 3.11 bits per heavy atom. The third kappa shape index (κ3) is 2.15. The minimum Gasteiger partial charge on any atom is -0.366 e. The van der Waals surface area contributed by atoms with E-state index in [1.54, 1.807) is 12.5 Å². The van der Waals surface area contributed by atoms with Crippen LogP contribution in [0, 0.1) is 5.41 Å². The van der Waals surface area contributed by atoms with E-state index in [-0.39, 0.29) is 0 Å². The molecule has 0 spiro atoms. The van der Waals surface area contributed by atoms with E-state index >= 15 is 0 Å². The van der Waals surface area contributed by atoms with Crippen molar-refractivity contribution in [2.24, 2.45) is 5.41 Å². The van der Waals surface area contributed by atoms with Gasteiger partial charge in [0.25, 0.3) is 0 Å². The van der Waals surface area contributed by atoms with Crippen LogP contribution < -0.4 is 10.6 Å². The van der Waals surface area contributed by atoms with Crippen LogP contribution in [0.2, 0.25) is 0 Å². The first-order valence-electron chi connectivity index (χ1n) is 6.36. The predicted octanol–water partition coefficient (Wildman–Crippen LogP) is 0.926. The topological polar surface area (TPSA) is 67.1 Å². The van der Waals surface area contributed by atoms with Gasteiger partial charge < -0.3 is 10.6 Å². The molecule has 3 heterocycles. The quantitative estimate of drug-likeness (QED) is 0.843. The van der Waals surface area contributed by atoms with Crippen molar-refractivity contribution in [2.75, 3.05) is 25.0 Å². The number of hydrogen-bond acceptors (Lipinski definition) is 5. The molecule has 6 heteroatoms. The van der Waals surface area contributed by atoms with Gasteiger partial charge in [-0.05, 0) is 31.3 Å². The molecule has 1 saturated heterocycles. The smallest absolute Gasteiger partial charge is 0.203 e. The van der Waals surface area contributed by atoms with Crippen LogP contribution in [0.5, 0.6) is 0 Å². The maximum atomic E-state index is 4.34. The van der Waals surface area contributed by atoms with Gasteiger partial charge >= 0.3 is 0 Å². The number of nitrogens with one attached hydrogen (secondary N) is 2. The molecule has 0 saturated carbocycles. The van der Waals surface area contributed by atoms with Crippen LogP contribution in [0.4, 0.5) is 5.82 Å². The minimum absolute atomic E-state index is 0.333. The highest BCUT2D eigenvalue weighted by Gasteiger charge is 2.26. The van der Waals surface area contributed by atoms with Gasteiger partial charge in [-0.15, -0.1) is 10.2 Å². The Morgan fingerprint density at radius 2 is 2.28 bits per heavy atom. The third-order valence-corrected chi connectivity index (χ3v) is 3.71. The molecule has 2 aromatic heterocycles. The molecule has 1 aliphatic heterocycles. The number of fused-ring (bicyclic) bond motifs is 1. The van der Waals surface area contributed by atoms with Crippen LogP contribution in [0.3, 0.4) is 0 Å². The van der Waals surface area contributed by atoms with E-state index in [1.807, 2.05) is 10.6 Å². The third-order valence-electron chi connectivity index (χ3n) is 3.71. The van der Waals surface area contributed by atoms with Crippen molar-refractivity contribution in [3.8, 4) is 0 Å². The maximum absolute atomic E-state index is 4.34. The van der Waals surface area contributed by atoms with Crippen molar-refractivity contribution in [1.82, 2.24) is 24.9 Å². The van der Waals surface area contributed by atoms with Gasteiger partial charge in [0.15, 0.2) is 5.82 Å². The molecule has 96 valence electrons. The zero-order chi connectivity index (χ0) is 12.4. The fraction of sp³-hybridized carbons (Fsp3) is 0.583. The van der Waals surface area contributed by atoms with Gasteiger partial charge in [-0.2, -0.15) is 0 Å². The highest BCUT2D eigenvalue weighted by Crippen LogP contribution is 2.28. The fourth-order valence-corrected chi connectivity index (χ4v) is 2.39. The first-order chi connectivity index (χ1) is 8.77. The van der Waals surface area contributed by atoms with Crippen molar-refractivity contribution >= 4 is 11.5 Å². The lowest BCUT2D eigenvalue weighted by Gasteiger charge is -2.34. The summed E-state index contributed by atoms with van der Waals surface area (Å²) >= 11 is 0. The van der Waals surface area contributed by atoms with Crippen LogP contribution in [0.15, 0.2) is 18.7 Å². The van der Waals surface area contributed by atoms with Gasteiger partial charge in [0.2, 0.25) is 5.65 Å². The highest BCUT2D eigenvalue weighted by molar-refractivity contribution is 5.61. The van der Waals surface area contributed by atoms with Crippen LogP contribution in [0.1, 0.15) is 19.8 Å². The molecule has 3 rings (SSSR count). The van der Waals surface area contributed by atoms with E-state index in [9.17, 15) is 0 Å². The first kappa shape index (κ1) is 11.4. The molecule has 0 radical (unpaired) electrons. The molecule has 0 atom stereocenters. The number of piperidine rings is 1. The Kier molecular flexibility index (Phi) is 2.87. The lowest BCUT2D eigenvalue weighted by atomic mass is 9.81. The maximum Gasteiger partial charge on any atom is 0.203 e. The summed E-state index contributed by atoms with van der Waals surface area (Å²) in [6.45, 7) is 5.44. The number of rotatable bonds is 3. The van der Waals surface area contributed by atoms with Gasteiger partial charge in [-0.25, -0.2) is 4.98 Å². The monoisotopic (exact) mass is 246 g/mol. The summed E-state index contributed by atoms with van der Waals surface area (Å²) in [5.74, 6) is 0.815. The van der Waals surface area contributed by atoms with Gasteiger partial charge in [0, 0.05) is 18.9 Å². The predicted molar refractivity (Wildman–Crippen MR) is 69.5 cm³/mol. The Hall–Kier alpha value is -1.69. The van der Waals surface area contributed by atoms with Crippen molar-refractivity contribution in [2.45, 2.75) is 19.8 Å². The van der Waals surface area contributed by atoms with Gasteiger partial charge in [0.05, 0.1) is 0 Å². The van der Waals surface area contributed by atoms with E-state index in [2.05, 4.69) is 32.7 Å². The highest BCUT2D eigenvalue weighted by atomic mass is 15.2. The molecule has 18 heavy (non-hydrogen) atoms. The van der Waals surface area contributed by atoms with Crippen molar-refractivity contribution in [3.05, 3.63) is 18.7 Å². The summed E-state index contributed by atoms with van der Waals surface area (Å²) in [7, 11) is 0. The average Bonchev–Trinajstić information content (AvgIpc) is 2.86. The van der Waals surface area contributed by atoms with E-state index in [0.717, 1.165) is 31.1 Å². The van der Waals surface area contributed by atoms with Crippen LogP contribution in [-0.2, 0) is 0 Å². The number of anilines is 1. The molecule has 6 nitrogen and oxygen atoms in total. The van der Waals surface area contributed by atoms with Crippen LogP contribution >= 0.6 is 0 Å². The molecule has 2 N–H and O–H groups in total. The fourth-order valence-electron chi connectivity index (χ4n) is 2.39. The molecule has 0 aliphatic carbocycles. The minimum atomic E-state index is 0.333. The SMILES string of the molecule is CC1(CNc2nccn3cnnc23)CCNCC1. The summed E-state index contributed by atoms with van der Waals surface area (Å²) < 4.78 is 1.88. The lowest BCUT2D eigenvalue weighted by molar-refractivity contribution is 0.247. The van der Waals surface area contributed by atoms with E-state index in [1.165, 1.54) is 12.8 Å². The zero-order valence-corrected chi connectivity index (χ0v) is 10.6. The van der Waals surface area contributed by atoms with Crippen molar-refractivity contribution in [3.63, 3.8) is 0 Å². The molecule has 0 aromatic carbocycles. The summed E-state index contributed by atoms with van der Waals surface area (Å²) in [4.78, 5) is 4.34. The molecule has 1 aliphatic rings. The largest absolute Gasteiger partial charge is 0.366 e. The number of hydrogen-bond donors (Lipinski definition) is 2. The molecular formula is C12H18N6. The van der Waals surface area contributed by atoms with Crippen molar-refractivity contribution < 1.29 is 0 Å². The van der Waals surface area contributed by atoms with Gasteiger partial charge in [0.1, 0.15) is 6.33 Å². The Labute approximate surface area is 106 Å². The molecule has 0 amide bonds. The van der Waals surface area contributed by atoms with Gasteiger partial charge in [-0.1, -0.05) is 6.92 Å². The van der Waals surface area contributed by atoms with E-state index < -0.39 is 0 Å². The van der Waals surface area contributed by atoms with Gasteiger partial charge in [-0.3, -0.25) is 4.40 Å². The summed E-state index contributed by atoms with van der Waals surface area (Å²) in [6.07, 6.45) is 7.69. The summed E-state index contributed by atoms with van der Waals surface area (Å²) in [6, 6.07) is 0. The summed E-state index contributed by atoms with van der Waals surface area (Å²) in [5.41, 5.74) is 1.12. The van der Waals surface area contributed by atoms with Crippen LogP contribution in [-0.4, -0.2) is 39.2 Å². The second-order valence-corrected chi connectivity index (χ2v) is 5.25. The zero-order valence-electron chi connectivity index (χ0n) is 10.6. The number of aromatic nitrogens is 4. The van der Waals surface area contributed by atoms with Crippen molar-refractivity contribution in [1.29, 1.82) is 0 Å². The normalized spacial score (nSPS) is 18.9. The molecule has 1 fully saturated rings. The standard InChI is InChI=1S/C12H18N6/c1-12(2-4-13-5-3-12)8-15-10-11-17-16-9-18(11)7-6-14-10/h6-7,9,13H,2-5,8H2,1H3,(H,14,15). The summed E-state index contributed by atoms with van der Waals surface area (Å²) in [5, 5.41) is 14.8. The van der Waals surface area contributed by atoms with E-state index in [4.69, 9.17) is 0 Å². The second kappa shape index (κ2) is 4.53. The molecule has 0 unspecified atom stereocenters. The molecule has 0 bridgehead atoms. The Balaban J connectivity index is 1.74. The number of nitrogens with zero attached hydrogens (tertiary/aromatic N) is 4. The second-order valence-electron chi connectivity index (χ2n) is 5.25. The Morgan fingerprint density at radius 1 is 1.44 bits per heavy atom. The first-order valence-corrected chi connectivity index (χ1v) is 6.36. The van der Waals surface area contributed by atoms with Crippen LogP contribution in [0.25, 0.3) is 5.65 Å². The lowest BCUT2D eigenvalue weighted by Crippen LogP contribution is -2.39. The Bertz CT molecular complexity index is 528.